The normalized spacial score (nSPS) is 11.1. The number of carbonyl (C=O) groups excluding carboxylic acids is 1. The van der Waals surface area contributed by atoms with Gasteiger partial charge in [-0.15, -0.1) is 0 Å². The van der Waals surface area contributed by atoms with Gasteiger partial charge in [-0.2, -0.15) is 0 Å². The molecule has 0 aliphatic carbocycles. The average Bonchev–Trinajstić information content (AvgIpc) is 3.12. The van der Waals surface area contributed by atoms with Crippen LogP contribution in [0.4, 0.5) is 0 Å². The number of nitrogens with zero attached hydrogens (tertiary/aromatic N) is 2. The molecule has 0 saturated heterocycles. The van der Waals surface area contributed by atoms with Gasteiger partial charge in [-0.1, -0.05) is 11.8 Å². The van der Waals surface area contributed by atoms with Crippen molar-refractivity contribution in [2.24, 2.45) is 7.05 Å². The van der Waals surface area contributed by atoms with E-state index in [1.165, 1.54) is 16.3 Å². The fraction of sp³-hybridized carbons (Fsp3) is 0.312. The Kier molecular flexibility index (Phi) is 4.48. The second-order valence-corrected chi connectivity index (χ2v) is 6.49. The number of furan rings is 1. The first kappa shape index (κ1) is 16.4. The molecule has 2 N–H and O–H groups in total. The van der Waals surface area contributed by atoms with Gasteiger partial charge in [-0.25, -0.2) is 4.98 Å². The molecule has 8 heteroatoms. The molecule has 0 aliphatic heterocycles. The van der Waals surface area contributed by atoms with Crippen LogP contribution in [0.5, 0.6) is 0 Å². The third-order valence-electron chi connectivity index (χ3n) is 3.54. The van der Waals surface area contributed by atoms with Crippen molar-refractivity contribution in [3.05, 3.63) is 45.8 Å². The quantitative estimate of drug-likeness (QED) is 0.543. The highest BCUT2D eigenvalue weighted by molar-refractivity contribution is 7.99. The van der Waals surface area contributed by atoms with E-state index in [0.29, 0.717) is 28.5 Å². The zero-order valence-corrected chi connectivity index (χ0v) is 14.5. The molecule has 1 amide bonds. The Hall–Kier alpha value is -2.48. The molecule has 0 atom stereocenters. The molecule has 0 aromatic carbocycles. The van der Waals surface area contributed by atoms with Gasteiger partial charge in [0.25, 0.3) is 5.56 Å². The van der Waals surface area contributed by atoms with Crippen LogP contribution in [0.1, 0.15) is 17.2 Å². The number of aromatic nitrogens is 3. The Morgan fingerprint density at radius 3 is 2.92 bits per heavy atom. The molecule has 3 rings (SSSR count). The SMILES string of the molecule is Cc1cc2nc(SCC(=O)NCc3ccc(C)o3)n(C)c(=O)c2[nH]1. The van der Waals surface area contributed by atoms with E-state index in [2.05, 4.69) is 15.3 Å². The molecular formula is C16H18N4O3S. The van der Waals surface area contributed by atoms with Crippen molar-refractivity contribution in [1.29, 1.82) is 0 Å². The number of thioether (sulfide) groups is 1. The molecule has 7 nitrogen and oxygen atoms in total. The van der Waals surface area contributed by atoms with Crippen LogP contribution in [0.15, 0.2) is 32.6 Å². The predicted octanol–water partition coefficient (Wildman–Crippen LogP) is 1.88. The smallest absolute Gasteiger partial charge is 0.278 e. The lowest BCUT2D eigenvalue weighted by atomic mass is 10.4. The maximum absolute atomic E-state index is 12.3. The van der Waals surface area contributed by atoms with Crippen LogP contribution in [0, 0.1) is 13.8 Å². The van der Waals surface area contributed by atoms with Crippen LogP contribution >= 0.6 is 11.8 Å². The van der Waals surface area contributed by atoms with Gasteiger partial charge in [-0.05, 0) is 32.0 Å². The van der Waals surface area contributed by atoms with E-state index < -0.39 is 0 Å². The second kappa shape index (κ2) is 6.56. The number of aromatic amines is 1. The fourth-order valence-corrected chi connectivity index (χ4v) is 3.14. The summed E-state index contributed by atoms with van der Waals surface area (Å²) >= 11 is 1.23. The Morgan fingerprint density at radius 2 is 2.21 bits per heavy atom. The van der Waals surface area contributed by atoms with E-state index in [4.69, 9.17) is 4.42 Å². The molecule has 24 heavy (non-hydrogen) atoms. The standard InChI is InChI=1S/C16H18N4O3S/c1-9-6-12-14(18-9)15(22)20(3)16(19-12)24-8-13(21)17-7-11-5-4-10(2)23-11/h4-6,18H,7-8H2,1-3H3,(H,17,21). The number of fused-ring (bicyclic) bond motifs is 1. The molecule has 0 saturated carbocycles. The Bertz CT molecular complexity index is 954. The zero-order valence-electron chi connectivity index (χ0n) is 13.7. The highest BCUT2D eigenvalue weighted by Crippen LogP contribution is 2.17. The van der Waals surface area contributed by atoms with Crippen LogP contribution in [0.2, 0.25) is 0 Å². The maximum Gasteiger partial charge on any atom is 0.278 e. The average molecular weight is 346 g/mol. The van der Waals surface area contributed by atoms with Crippen molar-refractivity contribution in [3.63, 3.8) is 0 Å². The summed E-state index contributed by atoms with van der Waals surface area (Å²) in [5, 5.41) is 3.29. The van der Waals surface area contributed by atoms with Crippen molar-refractivity contribution in [2.45, 2.75) is 25.5 Å². The molecule has 0 bridgehead atoms. The molecular weight excluding hydrogens is 328 g/mol. The molecule has 0 fully saturated rings. The lowest BCUT2D eigenvalue weighted by Crippen LogP contribution is -2.25. The first-order valence-electron chi connectivity index (χ1n) is 7.45. The largest absolute Gasteiger partial charge is 0.465 e. The van der Waals surface area contributed by atoms with Gasteiger partial charge < -0.3 is 14.7 Å². The first-order chi connectivity index (χ1) is 11.4. The number of hydrogen-bond acceptors (Lipinski definition) is 5. The summed E-state index contributed by atoms with van der Waals surface area (Å²) in [6.07, 6.45) is 0. The Morgan fingerprint density at radius 1 is 1.42 bits per heavy atom. The third-order valence-corrected chi connectivity index (χ3v) is 4.57. The number of rotatable bonds is 5. The highest BCUT2D eigenvalue weighted by atomic mass is 32.2. The van der Waals surface area contributed by atoms with E-state index >= 15 is 0 Å². The van der Waals surface area contributed by atoms with Gasteiger partial charge in [0.2, 0.25) is 5.91 Å². The Balaban J connectivity index is 1.65. The summed E-state index contributed by atoms with van der Waals surface area (Å²) in [6.45, 7) is 4.07. The monoisotopic (exact) mass is 346 g/mol. The predicted molar refractivity (Wildman–Crippen MR) is 92.1 cm³/mol. The minimum atomic E-state index is -0.151. The highest BCUT2D eigenvalue weighted by Gasteiger charge is 2.12. The summed E-state index contributed by atoms with van der Waals surface area (Å²) in [4.78, 5) is 31.7. The number of hydrogen-bond donors (Lipinski definition) is 2. The first-order valence-corrected chi connectivity index (χ1v) is 8.44. The number of nitrogens with one attached hydrogen (secondary N) is 2. The van der Waals surface area contributed by atoms with Crippen LogP contribution in [-0.2, 0) is 18.4 Å². The van der Waals surface area contributed by atoms with Crippen molar-refractivity contribution >= 4 is 28.7 Å². The topological polar surface area (TPSA) is 92.9 Å². The summed E-state index contributed by atoms with van der Waals surface area (Å²) in [5.41, 5.74) is 1.83. The summed E-state index contributed by atoms with van der Waals surface area (Å²) < 4.78 is 6.85. The van der Waals surface area contributed by atoms with Crippen molar-refractivity contribution in [1.82, 2.24) is 19.9 Å². The number of amides is 1. The van der Waals surface area contributed by atoms with E-state index in [1.54, 1.807) is 7.05 Å². The summed E-state index contributed by atoms with van der Waals surface area (Å²) in [7, 11) is 1.65. The fourth-order valence-electron chi connectivity index (χ4n) is 2.33. The molecule has 3 aromatic heterocycles. The molecule has 3 heterocycles. The van der Waals surface area contributed by atoms with Gasteiger partial charge in [0.1, 0.15) is 17.0 Å². The number of H-pyrrole nitrogens is 1. The summed E-state index contributed by atoms with van der Waals surface area (Å²) in [5.74, 6) is 1.55. The molecule has 126 valence electrons. The summed E-state index contributed by atoms with van der Waals surface area (Å²) in [6, 6.07) is 5.50. The van der Waals surface area contributed by atoms with E-state index in [0.717, 1.165) is 11.5 Å². The third kappa shape index (κ3) is 3.38. The molecule has 0 radical (unpaired) electrons. The van der Waals surface area contributed by atoms with Gasteiger partial charge in [0.15, 0.2) is 5.16 Å². The van der Waals surface area contributed by atoms with Gasteiger partial charge in [0, 0.05) is 12.7 Å². The zero-order chi connectivity index (χ0) is 17.3. The molecule has 0 spiro atoms. The molecule has 3 aromatic rings. The molecule has 0 aliphatic rings. The van der Waals surface area contributed by atoms with Gasteiger partial charge in [-0.3, -0.25) is 14.2 Å². The maximum atomic E-state index is 12.3. The van der Waals surface area contributed by atoms with E-state index in [9.17, 15) is 9.59 Å². The Labute approximate surface area is 142 Å². The van der Waals surface area contributed by atoms with Crippen LogP contribution in [-0.4, -0.2) is 26.2 Å². The van der Waals surface area contributed by atoms with Crippen molar-refractivity contribution in [2.75, 3.05) is 5.75 Å². The number of carbonyl (C=O) groups is 1. The van der Waals surface area contributed by atoms with E-state index in [-0.39, 0.29) is 17.2 Å². The van der Waals surface area contributed by atoms with Crippen LogP contribution in [0.25, 0.3) is 11.0 Å². The van der Waals surface area contributed by atoms with Crippen molar-refractivity contribution < 1.29 is 9.21 Å². The molecule has 0 unspecified atom stereocenters. The van der Waals surface area contributed by atoms with Crippen LogP contribution in [0.3, 0.4) is 0 Å². The minimum absolute atomic E-state index is 0.145. The van der Waals surface area contributed by atoms with Gasteiger partial charge in [0.05, 0.1) is 17.8 Å². The lowest BCUT2D eigenvalue weighted by molar-refractivity contribution is -0.118. The van der Waals surface area contributed by atoms with Crippen LogP contribution < -0.4 is 10.9 Å². The second-order valence-electron chi connectivity index (χ2n) is 5.55. The van der Waals surface area contributed by atoms with E-state index in [1.807, 2.05) is 32.0 Å². The number of aryl methyl sites for hydroxylation is 2. The lowest BCUT2D eigenvalue weighted by Gasteiger charge is -2.07. The minimum Gasteiger partial charge on any atom is -0.465 e. The van der Waals surface area contributed by atoms with Gasteiger partial charge >= 0.3 is 0 Å². The van der Waals surface area contributed by atoms with Crippen molar-refractivity contribution in [3.8, 4) is 0 Å².